The average molecular weight is 192 g/mol. The van der Waals surface area contributed by atoms with E-state index < -0.39 is 5.97 Å². The molecule has 14 heavy (non-hydrogen) atoms. The van der Waals surface area contributed by atoms with Gasteiger partial charge in [0.05, 0.1) is 0 Å². The molecule has 1 N–H and O–H groups in total. The average Bonchev–Trinajstić information content (AvgIpc) is 2.60. The topological polar surface area (TPSA) is 63.6 Å². The highest BCUT2D eigenvalue weighted by molar-refractivity contribution is 5.86. The fourth-order valence-electron chi connectivity index (χ4n) is 1.59. The van der Waals surface area contributed by atoms with E-state index in [4.69, 9.17) is 9.84 Å². The molecule has 0 aromatic heterocycles. The summed E-state index contributed by atoms with van der Waals surface area (Å²) >= 11 is 0. The second-order valence-corrected chi connectivity index (χ2v) is 3.11. The van der Waals surface area contributed by atoms with E-state index in [1.165, 1.54) is 6.08 Å². The fraction of sp³-hybridized carbons (Fsp3) is 0.200. The smallest absolute Gasteiger partial charge is 0.370 e. The van der Waals surface area contributed by atoms with Gasteiger partial charge in [-0.1, -0.05) is 12.2 Å². The molecule has 1 aliphatic carbocycles. The van der Waals surface area contributed by atoms with Gasteiger partial charge in [0.25, 0.3) is 0 Å². The highest BCUT2D eigenvalue weighted by Crippen LogP contribution is 2.31. The van der Waals surface area contributed by atoms with Crippen LogP contribution in [0.25, 0.3) is 0 Å². The monoisotopic (exact) mass is 192 g/mol. The Bertz CT molecular complexity index is 376. The largest absolute Gasteiger partial charge is 0.478 e. The Morgan fingerprint density at radius 1 is 1.57 bits per heavy atom. The van der Waals surface area contributed by atoms with Crippen LogP contribution in [0.3, 0.4) is 0 Å². The normalized spacial score (nSPS) is 28.6. The number of carboxylic acid groups (broad SMARTS) is 1. The van der Waals surface area contributed by atoms with Crippen molar-refractivity contribution in [3.8, 4) is 0 Å². The maximum Gasteiger partial charge on any atom is 0.370 e. The van der Waals surface area contributed by atoms with Gasteiger partial charge in [-0.2, -0.15) is 0 Å². The van der Waals surface area contributed by atoms with E-state index in [1.54, 1.807) is 18.2 Å². The minimum atomic E-state index is -1.10. The van der Waals surface area contributed by atoms with Crippen LogP contribution in [0.1, 0.15) is 0 Å². The molecule has 1 aliphatic heterocycles. The Labute approximate surface area is 80.2 Å². The van der Waals surface area contributed by atoms with Crippen molar-refractivity contribution in [2.24, 2.45) is 5.92 Å². The van der Waals surface area contributed by atoms with E-state index in [0.717, 1.165) is 6.29 Å². The van der Waals surface area contributed by atoms with Gasteiger partial charge in [0.2, 0.25) is 5.76 Å². The van der Waals surface area contributed by atoms with Gasteiger partial charge in [0.15, 0.2) is 0 Å². The zero-order valence-corrected chi connectivity index (χ0v) is 7.21. The Kier molecular flexibility index (Phi) is 1.96. The van der Waals surface area contributed by atoms with Crippen molar-refractivity contribution >= 4 is 12.3 Å². The van der Waals surface area contributed by atoms with E-state index in [0.29, 0.717) is 5.57 Å². The predicted octanol–water partition coefficient (Wildman–Crippen LogP) is 0.665. The first-order valence-corrected chi connectivity index (χ1v) is 4.17. The minimum Gasteiger partial charge on any atom is -0.478 e. The summed E-state index contributed by atoms with van der Waals surface area (Å²) in [5, 5.41) is 8.69. The maximum atomic E-state index is 10.6. The third-order valence-corrected chi connectivity index (χ3v) is 2.27. The molecule has 0 spiro atoms. The number of ether oxygens (including phenoxy) is 1. The molecule has 2 atom stereocenters. The number of rotatable bonds is 2. The van der Waals surface area contributed by atoms with Gasteiger partial charge in [-0.25, -0.2) is 4.79 Å². The molecule has 0 saturated carbocycles. The quantitative estimate of drug-likeness (QED) is 0.653. The van der Waals surface area contributed by atoms with Crippen LogP contribution in [0, 0.1) is 5.92 Å². The van der Waals surface area contributed by atoms with Crippen LogP contribution < -0.4 is 0 Å². The number of carbonyl (C=O) groups is 2. The highest BCUT2D eigenvalue weighted by atomic mass is 16.5. The van der Waals surface area contributed by atoms with Crippen LogP contribution in [0.4, 0.5) is 0 Å². The Morgan fingerprint density at radius 3 is 3.00 bits per heavy atom. The molecule has 0 radical (unpaired) electrons. The number of hydrogen-bond donors (Lipinski definition) is 1. The van der Waals surface area contributed by atoms with Crippen LogP contribution in [0.5, 0.6) is 0 Å². The minimum absolute atomic E-state index is 0.0840. The van der Waals surface area contributed by atoms with Crippen molar-refractivity contribution in [2.75, 3.05) is 0 Å². The molecular weight excluding hydrogens is 184 g/mol. The summed E-state index contributed by atoms with van der Waals surface area (Å²) in [7, 11) is 0. The van der Waals surface area contributed by atoms with E-state index in [1.807, 2.05) is 0 Å². The van der Waals surface area contributed by atoms with Crippen LogP contribution in [-0.2, 0) is 14.3 Å². The third-order valence-electron chi connectivity index (χ3n) is 2.27. The number of aliphatic carboxylic acids is 1. The van der Waals surface area contributed by atoms with Crippen LogP contribution >= 0.6 is 0 Å². The number of carboxylic acids is 1. The van der Waals surface area contributed by atoms with Gasteiger partial charge in [0.1, 0.15) is 12.4 Å². The molecule has 4 nitrogen and oxygen atoms in total. The summed E-state index contributed by atoms with van der Waals surface area (Å²) in [5.74, 6) is -1.43. The summed E-state index contributed by atoms with van der Waals surface area (Å²) in [6.07, 6.45) is 6.96. The van der Waals surface area contributed by atoms with E-state index in [-0.39, 0.29) is 17.8 Å². The first-order valence-electron chi connectivity index (χ1n) is 4.17. The maximum absolute atomic E-state index is 10.6. The number of allylic oxidation sites excluding steroid dienone is 2. The summed E-state index contributed by atoms with van der Waals surface area (Å²) in [6.45, 7) is 0. The molecule has 72 valence electrons. The lowest BCUT2D eigenvalue weighted by molar-refractivity contribution is -0.136. The molecule has 0 bridgehead atoms. The molecule has 1 heterocycles. The molecule has 0 saturated heterocycles. The highest BCUT2D eigenvalue weighted by Gasteiger charge is 2.33. The first-order chi connectivity index (χ1) is 6.72. The molecular formula is C10H8O4. The number of carbonyl (C=O) groups excluding carboxylic acids is 1. The number of aldehydes is 1. The zero-order chi connectivity index (χ0) is 10.1. The van der Waals surface area contributed by atoms with Gasteiger partial charge >= 0.3 is 5.97 Å². The second kappa shape index (κ2) is 3.14. The van der Waals surface area contributed by atoms with Gasteiger partial charge in [-0.15, -0.1) is 0 Å². The second-order valence-electron chi connectivity index (χ2n) is 3.11. The van der Waals surface area contributed by atoms with Crippen molar-refractivity contribution in [1.82, 2.24) is 0 Å². The van der Waals surface area contributed by atoms with Crippen LogP contribution in [0.15, 0.2) is 35.6 Å². The Hall–Kier alpha value is -1.84. The van der Waals surface area contributed by atoms with E-state index in [2.05, 4.69) is 0 Å². The molecule has 2 rings (SSSR count). The van der Waals surface area contributed by atoms with Gasteiger partial charge in [-0.05, 0) is 12.2 Å². The predicted molar refractivity (Wildman–Crippen MR) is 47.4 cm³/mol. The third kappa shape index (κ3) is 1.25. The summed E-state index contributed by atoms with van der Waals surface area (Å²) in [5.41, 5.74) is 0.550. The van der Waals surface area contributed by atoms with Crippen LogP contribution in [-0.4, -0.2) is 23.5 Å². The standard InChI is InChI=1S/C10H8O4/c11-5-6-2-1-3-8-7(6)4-9(14-8)10(12)13/h1-5,7-8H,(H,12,13). The van der Waals surface area contributed by atoms with Gasteiger partial charge < -0.3 is 9.84 Å². The summed E-state index contributed by atoms with van der Waals surface area (Å²) in [4.78, 5) is 21.3. The SMILES string of the molecule is O=CC1=CC=CC2OC(C(=O)O)=CC12. The summed E-state index contributed by atoms with van der Waals surface area (Å²) in [6, 6.07) is 0. The van der Waals surface area contributed by atoms with Crippen LogP contribution in [0.2, 0.25) is 0 Å². The summed E-state index contributed by atoms with van der Waals surface area (Å²) < 4.78 is 5.13. The van der Waals surface area contributed by atoms with Crippen molar-refractivity contribution in [3.63, 3.8) is 0 Å². The molecule has 4 heteroatoms. The Balaban J connectivity index is 2.30. The van der Waals surface area contributed by atoms with Crippen molar-refractivity contribution in [2.45, 2.75) is 6.10 Å². The van der Waals surface area contributed by atoms with Gasteiger partial charge in [-0.3, -0.25) is 4.79 Å². The first kappa shape index (κ1) is 8.74. The molecule has 0 amide bonds. The fourth-order valence-corrected chi connectivity index (χ4v) is 1.59. The lowest BCUT2D eigenvalue weighted by Gasteiger charge is -2.17. The van der Waals surface area contributed by atoms with E-state index >= 15 is 0 Å². The zero-order valence-electron chi connectivity index (χ0n) is 7.21. The number of fused-ring (bicyclic) bond motifs is 1. The number of hydrogen-bond acceptors (Lipinski definition) is 3. The van der Waals surface area contributed by atoms with Crippen molar-refractivity contribution in [1.29, 1.82) is 0 Å². The van der Waals surface area contributed by atoms with E-state index in [9.17, 15) is 9.59 Å². The van der Waals surface area contributed by atoms with Crippen molar-refractivity contribution in [3.05, 3.63) is 35.6 Å². The molecule has 2 aliphatic rings. The molecule has 0 fully saturated rings. The van der Waals surface area contributed by atoms with Crippen molar-refractivity contribution < 1.29 is 19.4 Å². The lowest BCUT2D eigenvalue weighted by atomic mass is 9.91. The Morgan fingerprint density at radius 2 is 2.36 bits per heavy atom. The molecule has 0 aromatic carbocycles. The molecule has 0 aromatic rings. The molecule has 2 unspecified atom stereocenters. The van der Waals surface area contributed by atoms with Gasteiger partial charge in [0, 0.05) is 11.5 Å². The lowest BCUT2D eigenvalue weighted by Crippen LogP contribution is -2.19.